The van der Waals surface area contributed by atoms with Crippen LogP contribution in [0.15, 0.2) is 18.5 Å². The highest BCUT2D eigenvalue weighted by Gasteiger charge is 2.32. The third kappa shape index (κ3) is 3.27. The van der Waals surface area contributed by atoms with Gasteiger partial charge in [-0.3, -0.25) is 0 Å². The van der Waals surface area contributed by atoms with E-state index in [2.05, 4.69) is 20.1 Å². The summed E-state index contributed by atoms with van der Waals surface area (Å²) in [6, 6.07) is 2.08. The summed E-state index contributed by atoms with van der Waals surface area (Å²) in [5.74, 6) is 2.06. The normalized spacial score (nSPS) is 20.4. The Morgan fingerprint density at radius 2 is 2.12 bits per heavy atom. The van der Waals surface area contributed by atoms with Crippen LogP contribution in [-0.4, -0.2) is 36.8 Å². The fraction of sp³-hybridized carbons (Fsp3) is 0.611. The number of piperidine rings is 1. The van der Waals surface area contributed by atoms with Gasteiger partial charge in [0.2, 0.25) is 0 Å². The molecule has 7 nitrogen and oxygen atoms in total. The number of hydrogen-bond acceptors (Lipinski definition) is 3. The molecule has 2 aliphatic rings. The number of amides is 2. The smallest absolute Gasteiger partial charge is 0.318 e. The molecule has 0 aromatic carbocycles. The third-order valence-electron chi connectivity index (χ3n) is 5.29. The number of urea groups is 1. The fourth-order valence-electron chi connectivity index (χ4n) is 3.97. The number of aromatic nitrogens is 4. The number of nitrogens with one attached hydrogen (secondary N) is 1. The van der Waals surface area contributed by atoms with Crippen LogP contribution in [0.4, 0.5) is 4.79 Å². The van der Waals surface area contributed by atoms with Crippen molar-refractivity contribution in [2.45, 2.75) is 57.7 Å². The molecule has 1 unspecified atom stereocenters. The molecule has 7 heteroatoms. The molecule has 0 bridgehead atoms. The summed E-state index contributed by atoms with van der Waals surface area (Å²) in [4.78, 5) is 14.8. The molecule has 134 valence electrons. The van der Waals surface area contributed by atoms with Gasteiger partial charge in [0.25, 0.3) is 0 Å². The van der Waals surface area contributed by atoms with Gasteiger partial charge >= 0.3 is 6.03 Å². The Morgan fingerprint density at radius 3 is 2.96 bits per heavy atom. The molecule has 4 heterocycles. The lowest BCUT2D eigenvalue weighted by molar-refractivity contribution is 0.144. The monoisotopic (exact) mass is 342 g/mol. The maximum atomic E-state index is 12.8. The topological polar surface area (TPSA) is 68.0 Å². The first kappa shape index (κ1) is 16.2. The van der Waals surface area contributed by atoms with Crippen molar-refractivity contribution in [2.24, 2.45) is 7.05 Å². The largest absolute Gasteiger partial charge is 0.357 e. The molecule has 0 spiro atoms. The molecule has 4 rings (SSSR count). The molecule has 25 heavy (non-hydrogen) atoms. The second kappa shape index (κ2) is 6.90. The van der Waals surface area contributed by atoms with Crippen molar-refractivity contribution >= 4 is 6.03 Å². The summed E-state index contributed by atoms with van der Waals surface area (Å²) >= 11 is 0. The Bertz CT molecular complexity index is 749. The van der Waals surface area contributed by atoms with Crippen molar-refractivity contribution in [2.75, 3.05) is 6.54 Å². The predicted molar refractivity (Wildman–Crippen MR) is 93.9 cm³/mol. The number of carbonyl (C=O) groups is 1. The third-order valence-corrected chi connectivity index (χ3v) is 5.29. The number of carbonyl (C=O) groups excluding carboxylic acids is 1. The Balaban J connectivity index is 1.49. The van der Waals surface area contributed by atoms with E-state index in [4.69, 9.17) is 0 Å². The van der Waals surface area contributed by atoms with Crippen LogP contribution in [0.25, 0.3) is 0 Å². The first-order chi connectivity index (χ1) is 12.2. The lowest BCUT2D eigenvalue weighted by Gasteiger charge is -2.35. The molecule has 0 aliphatic carbocycles. The number of likely N-dealkylation sites (tertiary alicyclic amines) is 1. The number of aryl methyl sites for hydroxylation is 2. The summed E-state index contributed by atoms with van der Waals surface area (Å²) < 4.78 is 4.24. The van der Waals surface area contributed by atoms with Crippen molar-refractivity contribution in [1.82, 2.24) is 29.5 Å². The second-order valence-corrected chi connectivity index (χ2v) is 7.13. The number of nitrogens with zero attached hydrogens (tertiary/aromatic N) is 5. The van der Waals surface area contributed by atoms with Crippen LogP contribution in [0.2, 0.25) is 0 Å². The van der Waals surface area contributed by atoms with Gasteiger partial charge in [-0.1, -0.05) is 0 Å². The van der Waals surface area contributed by atoms with E-state index in [-0.39, 0.29) is 12.1 Å². The van der Waals surface area contributed by atoms with Gasteiger partial charge in [0.1, 0.15) is 5.82 Å². The van der Waals surface area contributed by atoms with Crippen LogP contribution in [-0.2, 0) is 26.6 Å². The van der Waals surface area contributed by atoms with Crippen molar-refractivity contribution in [3.05, 3.63) is 35.7 Å². The summed E-state index contributed by atoms with van der Waals surface area (Å²) in [6.07, 6.45) is 10.5. The maximum Gasteiger partial charge on any atom is 0.318 e. The van der Waals surface area contributed by atoms with E-state index in [0.29, 0.717) is 6.54 Å². The van der Waals surface area contributed by atoms with Crippen molar-refractivity contribution < 1.29 is 4.79 Å². The number of hydrogen-bond donors (Lipinski definition) is 1. The van der Waals surface area contributed by atoms with Gasteiger partial charge in [0, 0.05) is 45.5 Å². The fourth-order valence-corrected chi connectivity index (χ4v) is 3.97. The Morgan fingerprint density at radius 1 is 1.24 bits per heavy atom. The van der Waals surface area contributed by atoms with E-state index >= 15 is 0 Å². The van der Waals surface area contributed by atoms with E-state index in [1.165, 1.54) is 12.8 Å². The van der Waals surface area contributed by atoms with E-state index in [1.54, 1.807) is 0 Å². The van der Waals surface area contributed by atoms with Crippen LogP contribution in [0.5, 0.6) is 0 Å². The van der Waals surface area contributed by atoms with Crippen molar-refractivity contribution in [1.29, 1.82) is 0 Å². The molecule has 2 aliphatic heterocycles. The Labute approximate surface area is 148 Å². The van der Waals surface area contributed by atoms with Crippen LogP contribution in [0, 0.1) is 0 Å². The second-order valence-electron chi connectivity index (χ2n) is 7.13. The molecule has 1 atom stereocenters. The Kier molecular flexibility index (Phi) is 4.46. The highest BCUT2D eigenvalue weighted by atomic mass is 16.2. The van der Waals surface area contributed by atoms with Crippen LogP contribution < -0.4 is 5.32 Å². The maximum absolute atomic E-state index is 12.8. The first-order valence-corrected chi connectivity index (χ1v) is 9.29. The van der Waals surface area contributed by atoms with E-state index in [9.17, 15) is 4.79 Å². The highest BCUT2D eigenvalue weighted by molar-refractivity contribution is 5.74. The zero-order valence-corrected chi connectivity index (χ0v) is 14.8. The molecule has 1 fully saturated rings. The summed E-state index contributed by atoms with van der Waals surface area (Å²) in [5.41, 5.74) is 1.12. The lowest BCUT2D eigenvalue weighted by atomic mass is 10.0. The SMILES string of the molecule is Cn1ccc(CNC(=O)N2CCCCC2c2nnc3n2CCCC3)c1. The van der Waals surface area contributed by atoms with Gasteiger partial charge in [-0.05, 0) is 43.7 Å². The Hall–Kier alpha value is -2.31. The average Bonchev–Trinajstić information content (AvgIpc) is 3.26. The van der Waals surface area contributed by atoms with E-state index in [0.717, 1.165) is 56.0 Å². The molecule has 0 radical (unpaired) electrons. The van der Waals surface area contributed by atoms with Crippen LogP contribution >= 0.6 is 0 Å². The molecular weight excluding hydrogens is 316 g/mol. The number of fused-ring (bicyclic) bond motifs is 1. The minimum absolute atomic E-state index is 0.00159. The van der Waals surface area contributed by atoms with Crippen molar-refractivity contribution in [3.63, 3.8) is 0 Å². The lowest BCUT2D eigenvalue weighted by Crippen LogP contribution is -2.45. The zero-order valence-electron chi connectivity index (χ0n) is 14.8. The molecule has 2 aromatic rings. The average molecular weight is 342 g/mol. The van der Waals surface area contributed by atoms with E-state index in [1.807, 2.05) is 35.0 Å². The van der Waals surface area contributed by atoms with Gasteiger partial charge in [0.15, 0.2) is 5.82 Å². The van der Waals surface area contributed by atoms with Gasteiger partial charge < -0.3 is 19.4 Å². The van der Waals surface area contributed by atoms with Gasteiger partial charge in [0.05, 0.1) is 6.04 Å². The predicted octanol–water partition coefficient (Wildman–Crippen LogP) is 2.39. The van der Waals surface area contributed by atoms with Crippen LogP contribution in [0.3, 0.4) is 0 Å². The van der Waals surface area contributed by atoms with Gasteiger partial charge in [-0.2, -0.15) is 0 Å². The van der Waals surface area contributed by atoms with Gasteiger partial charge in [-0.25, -0.2) is 4.79 Å². The van der Waals surface area contributed by atoms with E-state index < -0.39 is 0 Å². The minimum Gasteiger partial charge on any atom is -0.357 e. The molecule has 2 aromatic heterocycles. The standard InChI is InChI=1S/C18H26N6O/c1-22-11-8-14(13-22)12-19-18(25)23-9-4-2-6-15(23)17-21-20-16-7-3-5-10-24(16)17/h8,11,13,15H,2-7,9-10,12H2,1H3,(H,19,25). The summed E-state index contributed by atoms with van der Waals surface area (Å²) in [6.45, 7) is 2.32. The summed E-state index contributed by atoms with van der Waals surface area (Å²) in [7, 11) is 1.99. The molecule has 0 saturated carbocycles. The molecular formula is C18H26N6O. The first-order valence-electron chi connectivity index (χ1n) is 9.29. The van der Waals surface area contributed by atoms with Crippen LogP contribution in [0.1, 0.15) is 55.4 Å². The molecule has 2 amide bonds. The highest BCUT2D eigenvalue weighted by Crippen LogP contribution is 2.31. The number of rotatable bonds is 3. The van der Waals surface area contributed by atoms with Crippen molar-refractivity contribution in [3.8, 4) is 0 Å². The molecule has 1 N–H and O–H groups in total. The minimum atomic E-state index is 0.00159. The quantitative estimate of drug-likeness (QED) is 0.931. The zero-order chi connectivity index (χ0) is 17.2. The molecule has 1 saturated heterocycles. The van der Waals surface area contributed by atoms with Gasteiger partial charge in [-0.15, -0.1) is 10.2 Å². The summed E-state index contributed by atoms with van der Waals surface area (Å²) in [5, 5.41) is 11.9.